The maximum absolute atomic E-state index is 6.25. The maximum Gasteiger partial charge on any atom is 0.0931 e. The van der Waals surface area contributed by atoms with Crippen LogP contribution in [0.2, 0.25) is 4.34 Å². The minimum atomic E-state index is 0.324. The first-order chi connectivity index (χ1) is 7.15. The molecule has 2 rings (SSSR count). The van der Waals surface area contributed by atoms with E-state index < -0.39 is 0 Å². The van der Waals surface area contributed by atoms with E-state index in [-0.39, 0.29) is 0 Å². The lowest BCUT2D eigenvalue weighted by molar-refractivity contribution is 0.417. The molecule has 1 aromatic heterocycles. The van der Waals surface area contributed by atoms with Gasteiger partial charge in [-0.15, -0.1) is 11.3 Å². The molecule has 1 aliphatic carbocycles. The van der Waals surface area contributed by atoms with Gasteiger partial charge in [0.2, 0.25) is 0 Å². The molecule has 0 radical (unpaired) electrons. The highest BCUT2D eigenvalue weighted by Gasteiger charge is 2.26. The van der Waals surface area contributed by atoms with Crippen molar-refractivity contribution in [1.29, 1.82) is 0 Å². The van der Waals surface area contributed by atoms with Crippen LogP contribution < -0.4 is 5.73 Å². The van der Waals surface area contributed by atoms with Gasteiger partial charge in [0.05, 0.1) is 4.34 Å². The average molecular weight is 244 g/mol. The summed E-state index contributed by atoms with van der Waals surface area (Å²) in [5.41, 5.74) is 6.25. The van der Waals surface area contributed by atoms with Crippen LogP contribution in [0.3, 0.4) is 0 Å². The van der Waals surface area contributed by atoms with Gasteiger partial charge >= 0.3 is 0 Å². The van der Waals surface area contributed by atoms with E-state index in [1.807, 2.05) is 6.07 Å². The molecule has 0 bridgehead atoms. The summed E-state index contributed by atoms with van der Waals surface area (Å²) in [5.74, 6) is 1.59. The number of nitrogens with two attached hydrogens (primary N) is 1. The zero-order chi connectivity index (χ0) is 10.8. The van der Waals surface area contributed by atoms with E-state index in [9.17, 15) is 0 Å². The molecule has 3 heteroatoms. The zero-order valence-electron chi connectivity index (χ0n) is 9.08. The van der Waals surface area contributed by atoms with Crippen LogP contribution in [0.4, 0.5) is 0 Å². The second-order valence-corrected chi connectivity index (χ2v) is 6.55. The van der Waals surface area contributed by atoms with Crippen LogP contribution in [0.15, 0.2) is 12.1 Å². The van der Waals surface area contributed by atoms with E-state index in [2.05, 4.69) is 13.0 Å². The summed E-state index contributed by atoms with van der Waals surface area (Å²) in [6.07, 6.45) is 4.96. The van der Waals surface area contributed by atoms with Gasteiger partial charge in [-0.05, 0) is 43.2 Å². The Bertz CT molecular complexity index is 323. The van der Waals surface area contributed by atoms with Gasteiger partial charge in [-0.2, -0.15) is 0 Å². The number of rotatable bonds is 3. The number of hydrogen-bond acceptors (Lipinski definition) is 2. The van der Waals surface area contributed by atoms with Gasteiger partial charge in [0.15, 0.2) is 0 Å². The van der Waals surface area contributed by atoms with Crippen LogP contribution in [0.1, 0.15) is 31.1 Å². The van der Waals surface area contributed by atoms with Crippen molar-refractivity contribution < 1.29 is 0 Å². The molecular weight excluding hydrogens is 226 g/mol. The minimum Gasteiger partial charge on any atom is -0.327 e. The summed E-state index contributed by atoms with van der Waals surface area (Å²) in [4.78, 5) is 1.33. The van der Waals surface area contributed by atoms with Gasteiger partial charge in [0, 0.05) is 10.9 Å². The van der Waals surface area contributed by atoms with Crippen molar-refractivity contribution in [3.05, 3.63) is 21.3 Å². The Morgan fingerprint density at radius 1 is 1.53 bits per heavy atom. The molecule has 1 fully saturated rings. The van der Waals surface area contributed by atoms with E-state index in [1.165, 1.54) is 24.1 Å². The van der Waals surface area contributed by atoms with Crippen LogP contribution in [0, 0.1) is 11.8 Å². The second kappa shape index (κ2) is 4.86. The van der Waals surface area contributed by atoms with Crippen LogP contribution in [-0.4, -0.2) is 6.04 Å². The molecule has 3 unspecified atom stereocenters. The Kier molecular flexibility index (Phi) is 3.70. The molecule has 1 nitrogen and oxygen atoms in total. The SMILES string of the molecule is CC1CCC(C(N)Cc2ccc(Cl)s2)C1. The van der Waals surface area contributed by atoms with E-state index in [0.29, 0.717) is 6.04 Å². The van der Waals surface area contributed by atoms with E-state index in [1.54, 1.807) is 11.3 Å². The van der Waals surface area contributed by atoms with Crippen molar-refractivity contribution in [2.45, 2.75) is 38.6 Å². The molecule has 0 aromatic carbocycles. The lowest BCUT2D eigenvalue weighted by Gasteiger charge is -2.18. The third kappa shape index (κ3) is 2.96. The predicted octanol–water partition coefficient (Wildman–Crippen LogP) is 3.71. The van der Waals surface area contributed by atoms with E-state index >= 15 is 0 Å². The monoisotopic (exact) mass is 243 g/mol. The molecule has 2 N–H and O–H groups in total. The first-order valence-corrected chi connectivity index (χ1v) is 6.84. The molecule has 0 spiro atoms. The Labute approximate surface area is 101 Å². The number of hydrogen-bond donors (Lipinski definition) is 1. The molecule has 0 amide bonds. The molecule has 0 saturated heterocycles. The van der Waals surface area contributed by atoms with Crippen LogP contribution >= 0.6 is 22.9 Å². The van der Waals surface area contributed by atoms with Crippen molar-refractivity contribution in [1.82, 2.24) is 0 Å². The first kappa shape index (κ1) is 11.4. The molecule has 1 aromatic rings. The van der Waals surface area contributed by atoms with Crippen LogP contribution in [0.5, 0.6) is 0 Å². The lowest BCUT2D eigenvalue weighted by atomic mass is 9.95. The summed E-state index contributed by atoms with van der Waals surface area (Å²) in [7, 11) is 0. The van der Waals surface area contributed by atoms with Crippen molar-refractivity contribution in [3.8, 4) is 0 Å². The van der Waals surface area contributed by atoms with E-state index in [0.717, 1.165) is 22.6 Å². The lowest BCUT2D eigenvalue weighted by Crippen LogP contribution is -2.30. The van der Waals surface area contributed by atoms with Crippen molar-refractivity contribution >= 4 is 22.9 Å². The third-order valence-electron chi connectivity index (χ3n) is 3.41. The molecule has 15 heavy (non-hydrogen) atoms. The van der Waals surface area contributed by atoms with Gasteiger partial charge in [-0.1, -0.05) is 24.9 Å². The Morgan fingerprint density at radius 2 is 2.33 bits per heavy atom. The molecule has 1 saturated carbocycles. The van der Waals surface area contributed by atoms with Crippen LogP contribution in [-0.2, 0) is 6.42 Å². The topological polar surface area (TPSA) is 26.0 Å². The Hall–Kier alpha value is -0.0500. The third-order valence-corrected chi connectivity index (χ3v) is 4.66. The number of halogens is 1. The quantitative estimate of drug-likeness (QED) is 0.861. The fourth-order valence-corrected chi connectivity index (χ4v) is 3.66. The predicted molar refractivity (Wildman–Crippen MR) is 67.5 cm³/mol. The highest BCUT2D eigenvalue weighted by atomic mass is 35.5. The molecule has 3 atom stereocenters. The zero-order valence-corrected chi connectivity index (χ0v) is 10.7. The molecule has 1 heterocycles. The van der Waals surface area contributed by atoms with Gasteiger partial charge < -0.3 is 5.73 Å². The molecular formula is C12H18ClNS. The summed E-state index contributed by atoms with van der Waals surface area (Å²) in [5, 5.41) is 0. The van der Waals surface area contributed by atoms with Crippen molar-refractivity contribution in [2.24, 2.45) is 17.6 Å². The van der Waals surface area contributed by atoms with Crippen molar-refractivity contribution in [2.75, 3.05) is 0 Å². The largest absolute Gasteiger partial charge is 0.327 e. The summed E-state index contributed by atoms with van der Waals surface area (Å²) >= 11 is 7.57. The number of thiophene rings is 1. The van der Waals surface area contributed by atoms with Crippen LogP contribution in [0.25, 0.3) is 0 Å². The van der Waals surface area contributed by atoms with Crippen molar-refractivity contribution in [3.63, 3.8) is 0 Å². The Morgan fingerprint density at radius 3 is 2.87 bits per heavy atom. The standard InChI is InChI=1S/C12H18ClNS/c1-8-2-3-9(6-8)11(14)7-10-4-5-12(13)15-10/h4-5,8-9,11H,2-3,6-7,14H2,1H3. The molecule has 1 aliphatic rings. The summed E-state index contributed by atoms with van der Waals surface area (Å²) < 4.78 is 0.872. The average Bonchev–Trinajstić information content (AvgIpc) is 2.75. The summed E-state index contributed by atoms with van der Waals surface area (Å²) in [6, 6.07) is 4.39. The second-order valence-electron chi connectivity index (χ2n) is 4.75. The highest BCUT2D eigenvalue weighted by Crippen LogP contribution is 2.33. The highest BCUT2D eigenvalue weighted by molar-refractivity contribution is 7.16. The van der Waals surface area contributed by atoms with Gasteiger partial charge in [-0.3, -0.25) is 0 Å². The maximum atomic E-state index is 6.25. The van der Waals surface area contributed by atoms with Gasteiger partial charge in [-0.25, -0.2) is 0 Å². The molecule has 84 valence electrons. The smallest absolute Gasteiger partial charge is 0.0931 e. The Balaban J connectivity index is 1.89. The normalized spacial score (nSPS) is 28.2. The fraction of sp³-hybridized carbons (Fsp3) is 0.667. The van der Waals surface area contributed by atoms with Gasteiger partial charge in [0.1, 0.15) is 0 Å². The van der Waals surface area contributed by atoms with E-state index in [4.69, 9.17) is 17.3 Å². The van der Waals surface area contributed by atoms with Gasteiger partial charge in [0.25, 0.3) is 0 Å². The minimum absolute atomic E-state index is 0.324. The fourth-order valence-electron chi connectivity index (χ4n) is 2.50. The molecule has 0 aliphatic heterocycles. The first-order valence-electron chi connectivity index (χ1n) is 5.65. The summed E-state index contributed by atoms with van der Waals surface area (Å²) in [6.45, 7) is 2.33.